The van der Waals surface area contributed by atoms with Crippen molar-refractivity contribution >= 4 is 96.9 Å². The molecular weight excluding hydrogens is 732 g/mol. The summed E-state index contributed by atoms with van der Waals surface area (Å²) in [6.45, 7) is 0. The van der Waals surface area contributed by atoms with Crippen molar-refractivity contribution in [2.45, 2.75) is 6.18 Å². The van der Waals surface area contributed by atoms with Gasteiger partial charge >= 0.3 is 74.1 Å². The Balaban J connectivity index is 0.000000451. The van der Waals surface area contributed by atoms with Crippen molar-refractivity contribution < 1.29 is 17.9 Å². The van der Waals surface area contributed by atoms with E-state index in [0.717, 1.165) is 4.68 Å². The molecule has 0 bridgehead atoms. The van der Waals surface area contributed by atoms with Gasteiger partial charge in [0.2, 0.25) is 0 Å². The first-order valence-electron chi connectivity index (χ1n) is 7.98. The van der Waals surface area contributed by atoms with Crippen LogP contribution in [0.15, 0.2) is 42.5 Å². The molecule has 0 saturated heterocycles. The van der Waals surface area contributed by atoms with Crippen LogP contribution in [0.25, 0.3) is 17.1 Å². The molecule has 0 saturated carbocycles. The number of hydrogen-bond donors (Lipinski definition) is 0. The zero-order valence-corrected chi connectivity index (χ0v) is 24.7. The Kier molecular flexibility index (Phi) is 8.48. The van der Waals surface area contributed by atoms with Gasteiger partial charge in [-0.3, -0.25) is 0 Å². The number of rotatable bonds is 2. The van der Waals surface area contributed by atoms with Crippen molar-refractivity contribution in [2.75, 3.05) is 0 Å². The van der Waals surface area contributed by atoms with Gasteiger partial charge in [-0.25, -0.2) is 0 Å². The predicted molar refractivity (Wildman–Crippen MR) is 131 cm³/mol. The average Bonchev–Trinajstić information content (AvgIpc) is 2.90. The van der Waals surface area contributed by atoms with E-state index in [0.29, 0.717) is 5.56 Å². The number of aromatic nitrogens is 3. The van der Waals surface area contributed by atoms with Gasteiger partial charge in [0, 0.05) is 10.6 Å². The van der Waals surface area contributed by atoms with Gasteiger partial charge in [0.1, 0.15) is 12.7 Å². The molecule has 0 unspecified atom stereocenters. The molecule has 0 radical (unpaired) electrons. The Labute approximate surface area is 215 Å². The molecule has 3 rings (SSSR count). The van der Waals surface area contributed by atoms with Crippen LogP contribution in [0, 0.1) is 0 Å². The summed E-state index contributed by atoms with van der Waals surface area (Å²) in [5.41, 5.74) is 0.646. The van der Waals surface area contributed by atoms with Crippen LogP contribution in [-0.4, -0.2) is 18.8 Å². The summed E-state index contributed by atoms with van der Waals surface area (Å²) >= 11 is 18.3. The topological polar surface area (TPSA) is 21.7 Å². The monoisotopic (exact) mass is 737 g/mol. The molecule has 0 N–H and O–H groups in total. The second-order valence-electron chi connectivity index (χ2n) is 6.13. The zero-order valence-electron chi connectivity index (χ0n) is 15.4. The molecule has 2 aromatic carbocycles. The molecule has 32 heavy (non-hydrogen) atoms. The summed E-state index contributed by atoms with van der Waals surface area (Å²) in [5.74, 6) is -1.02. The molecule has 1 aromatic heterocycles. The van der Waals surface area contributed by atoms with Crippen molar-refractivity contribution in [3.8, 4) is 17.1 Å². The molecule has 3 nitrogen and oxygen atoms in total. The number of halogens is 12. The number of nitrogens with zero attached hydrogens (tertiary/aromatic N) is 3. The first-order chi connectivity index (χ1) is 14.1. The SMILES string of the molecule is C[n+]1c(C(F)(F)F)nc(-c2ccccc2)n1-c1c(Cl)cc(Cl)cc1Cl.[Cl][Sb-]([Cl])([Cl])([Cl])([Cl])[Cl]. The van der Waals surface area contributed by atoms with Crippen LogP contribution in [0.1, 0.15) is 5.82 Å². The Hall–Kier alpha value is 0.798. The molecule has 0 atom stereocenters. The van der Waals surface area contributed by atoms with Crippen LogP contribution in [0.5, 0.6) is 0 Å². The fourth-order valence-corrected chi connectivity index (χ4v) is 3.45. The average molecular weight is 742 g/mol. The van der Waals surface area contributed by atoms with E-state index in [4.69, 9.17) is 87.8 Å². The van der Waals surface area contributed by atoms with Crippen LogP contribution in [-0.2, 0) is 13.2 Å². The number of hydrogen-bond acceptors (Lipinski definition) is 1. The Morgan fingerprint density at radius 2 is 1.31 bits per heavy atom. The number of benzene rings is 2. The molecule has 0 aliphatic carbocycles. The normalized spacial score (nSPS) is 14.3. The standard InChI is InChI=1S/C16H10Cl3F3N3.6ClH.Sb/c1-24-15(16(20,21)22)23-14(9-5-3-2-4-6-9)25(24)13-11(18)7-10(17)8-12(13)19;;;;;;;/h2-8H,1H3;6*1H;/q+1;;;;;;;+5/p-6. The Morgan fingerprint density at radius 1 is 0.875 bits per heavy atom. The van der Waals surface area contributed by atoms with Crippen LogP contribution in [0.4, 0.5) is 13.2 Å². The molecule has 0 aliphatic heterocycles. The van der Waals surface area contributed by atoms with E-state index < -0.39 is 21.1 Å². The Bertz CT molecular complexity index is 1110. The van der Waals surface area contributed by atoms with Crippen LogP contribution in [0.2, 0.25) is 15.1 Å². The molecular formula is C16H10Cl9F3N3Sb. The first-order valence-corrected chi connectivity index (χ1v) is 28.5. The third-order valence-electron chi connectivity index (χ3n) is 3.50. The van der Waals surface area contributed by atoms with Crippen molar-refractivity contribution in [1.82, 2.24) is 9.67 Å². The fraction of sp³-hybridized carbons (Fsp3) is 0.125. The van der Waals surface area contributed by atoms with Gasteiger partial charge in [0.15, 0.2) is 0 Å². The summed E-state index contributed by atoms with van der Waals surface area (Å²) in [4.78, 5) is 3.78. The van der Waals surface area contributed by atoms with Crippen molar-refractivity contribution in [3.05, 3.63) is 63.4 Å². The molecule has 0 aliphatic rings. The van der Waals surface area contributed by atoms with Crippen molar-refractivity contribution in [1.29, 1.82) is 0 Å². The van der Waals surface area contributed by atoms with Gasteiger partial charge in [0.05, 0.1) is 10.0 Å². The fourth-order valence-electron chi connectivity index (χ4n) is 2.47. The van der Waals surface area contributed by atoms with Gasteiger partial charge in [-0.15, -0.1) is 9.36 Å². The van der Waals surface area contributed by atoms with E-state index in [2.05, 4.69) is 4.98 Å². The van der Waals surface area contributed by atoms with Gasteiger partial charge in [0.25, 0.3) is 5.82 Å². The first kappa shape index (κ1) is 29.0. The summed E-state index contributed by atoms with van der Waals surface area (Å²) in [7, 11) is 26.2. The third-order valence-corrected chi connectivity index (χ3v) is 4.29. The molecule has 0 amide bonds. The van der Waals surface area contributed by atoms with Crippen LogP contribution < -0.4 is 4.68 Å². The van der Waals surface area contributed by atoms with E-state index in [1.54, 1.807) is 30.3 Å². The van der Waals surface area contributed by atoms with E-state index in [9.17, 15) is 13.2 Å². The Morgan fingerprint density at radius 3 is 1.72 bits per heavy atom. The van der Waals surface area contributed by atoms with E-state index in [1.807, 2.05) is 0 Å². The molecule has 1 heterocycles. The zero-order chi connectivity index (χ0) is 24.8. The van der Waals surface area contributed by atoms with Crippen LogP contribution >= 0.6 is 87.8 Å². The summed E-state index contributed by atoms with van der Waals surface area (Å²) in [5, 5.41) is 0.492. The van der Waals surface area contributed by atoms with Gasteiger partial charge in [-0.2, -0.15) is 13.2 Å². The molecule has 178 valence electrons. The summed E-state index contributed by atoms with van der Waals surface area (Å²) in [6, 6.07) is 11.3. The molecule has 16 heteroatoms. The number of alkyl halides is 3. The minimum atomic E-state index is -5.42. The second-order valence-corrected chi connectivity index (χ2v) is 64.3. The van der Waals surface area contributed by atoms with Gasteiger partial charge in [-0.05, 0) is 29.2 Å². The van der Waals surface area contributed by atoms with E-state index >= 15 is 0 Å². The molecule has 0 fully saturated rings. The van der Waals surface area contributed by atoms with Gasteiger partial charge < -0.3 is 0 Å². The van der Waals surface area contributed by atoms with E-state index in [1.165, 1.54) is 23.9 Å². The molecule has 3 aromatic rings. The predicted octanol–water partition coefficient (Wildman–Crippen LogP) is 9.10. The summed E-state index contributed by atoms with van der Waals surface area (Å²) in [6.07, 6.45) is -4.64. The van der Waals surface area contributed by atoms with Gasteiger partial charge in [-0.1, -0.05) is 53.0 Å². The van der Waals surface area contributed by atoms with Crippen LogP contribution in [0.3, 0.4) is 0 Å². The van der Waals surface area contributed by atoms with Crippen molar-refractivity contribution in [3.63, 3.8) is 0 Å². The molecule has 0 spiro atoms. The van der Waals surface area contributed by atoms with E-state index in [-0.39, 0.29) is 26.6 Å². The second kappa shape index (κ2) is 9.35. The quantitative estimate of drug-likeness (QED) is 0.190. The minimum absolute atomic E-state index is 0.0570. The maximum absolute atomic E-state index is 13.4. The third kappa shape index (κ3) is 9.11. The van der Waals surface area contributed by atoms with Crippen molar-refractivity contribution in [2.24, 2.45) is 7.05 Å². The summed E-state index contributed by atoms with van der Waals surface area (Å²) < 4.78 is 42.2. The maximum atomic E-state index is 13.4.